The van der Waals surface area contributed by atoms with E-state index in [1.54, 1.807) is 12.3 Å². The van der Waals surface area contributed by atoms with Gasteiger partial charge in [0, 0.05) is 31.6 Å². The summed E-state index contributed by atoms with van der Waals surface area (Å²) in [5, 5.41) is 2.80. The Bertz CT molecular complexity index is 852. The molecule has 0 unspecified atom stereocenters. The van der Waals surface area contributed by atoms with E-state index >= 15 is 0 Å². The van der Waals surface area contributed by atoms with Crippen molar-refractivity contribution in [1.29, 1.82) is 0 Å². The van der Waals surface area contributed by atoms with Crippen LogP contribution in [0.4, 0.5) is 0 Å². The number of nitrogens with one attached hydrogen (secondary N) is 1. The molecule has 2 heterocycles. The van der Waals surface area contributed by atoms with E-state index in [1.165, 1.54) is 28.6 Å². The van der Waals surface area contributed by atoms with Crippen molar-refractivity contribution < 1.29 is 22.4 Å². The first-order valence-electron chi connectivity index (χ1n) is 8.92. The van der Waals surface area contributed by atoms with Gasteiger partial charge in [0.1, 0.15) is 5.76 Å². The number of sulfonamides is 1. The molecule has 2 aromatic rings. The van der Waals surface area contributed by atoms with Gasteiger partial charge in [-0.3, -0.25) is 4.79 Å². The molecule has 1 amide bonds. The Morgan fingerprint density at radius 1 is 1.15 bits per heavy atom. The van der Waals surface area contributed by atoms with Crippen LogP contribution in [0, 0.1) is 0 Å². The topological polar surface area (TPSA) is 88.9 Å². The maximum Gasteiger partial charge on any atom is 0.251 e. The third-order valence-corrected chi connectivity index (χ3v) is 6.22. The maximum absolute atomic E-state index is 12.8. The third-order valence-electron chi connectivity index (χ3n) is 4.38. The van der Waals surface area contributed by atoms with E-state index in [0.29, 0.717) is 31.6 Å². The van der Waals surface area contributed by atoms with Crippen LogP contribution >= 0.6 is 0 Å². The van der Waals surface area contributed by atoms with Crippen LogP contribution in [-0.2, 0) is 21.2 Å². The summed E-state index contributed by atoms with van der Waals surface area (Å²) in [7, 11) is -3.61. The van der Waals surface area contributed by atoms with Crippen LogP contribution in [0.3, 0.4) is 0 Å². The Kier molecular flexibility index (Phi) is 5.98. The zero-order valence-electron chi connectivity index (χ0n) is 15.4. The first-order chi connectivity index (χ1) is 12.9. The average Bonchev–Trinajstić information content (AvgIpc) is 3.14. The highest BCUT2D eigenvalue weighted by molar-refractivity contribution is 7.89. The van der Waals surface area contributed by atoms with Crippen LogP contribution in [0.25, 0.3) is 0 Å². The molecular formula is C19H24N2O5S. The molecule has 1 aliphatic heterocycles. The van der Waals surface area contributed by atoms with Crippen LogP contribution in [0.5, 0.6) is 0 Å². The van der Waals surface area contributed by atoms with Gasteiger partial charge in [0.05, 0.1) is 23.4 Å². The molecule has 7 nitrogen and oxygen atoms in total. The van der Waals surface area contributed by atoms with E-state index in [1.807, 2.05) is 19.9 Å². The van der Waals surface area contributed by atoms with Crippen LogP contribution < -0.4 is 5.32 Å². The SMILES string of the molecule is C[C@@H]1CN(S(=O)(=O)c2ccc(C(=O)NCCc3ccco3)cc2)C[C@@H](C)O1. The van der Waals surface area contributed by atoms with Gasteiger partial charge < -0.3 is 14.5 Å². The molecule has 8 heteroatoms. The fraction of sp³-hybridized carbons (Fsp3) is 0.421. The summed E-state index contributed by atoms with van der Waals surface area (Å²) in [4.78, 5) is 12.4. The first-order valence-corrected chi connectivity index (χ1v) is 10.4. The predicted octanol–water partition coefficient (Wildman–Crippen LogP) is 2.05. The molecule has 0 saturated carbocycles. The van der Waals surface area contributed by atoms with Crippen molar-refractivity contribution in [2.75, 3.05) is 19.6 Å². The molecule has 1 aliphatic rings. The van der Waals surface area contributed by atoms with Crippen molar-refractivity contribution in [3.05, 3.63) is 54.0 Å². The molecule has 0 bridgehead atoms. The van der Waals surface area contributed by atoms with E-state index in [0.717, 1.165) is 5.76 Å². The lowest BCUT2D eigenvalue weighted by Crippen LogP contribution is -2.48. The number of carbonyl (C=O) groups is 1. The molecule has 1 aromatic carbocycles. The molecule has 1 saturated heterocycles. The van der Waals surface area contributed by atoms with Crippen LogP contribution in [-0.4, -0.2) is 50.5 Å². The summed E-state index contributed by atoms with van der Waals surface area (Å²) < 4.78 is 37.9. The first kappa shape index (κ1) is 19.6. The molecule has 1 N–H and O–H groups in total. The predicted molar refractivity (Wildman–Crippen MR) is 100.0 cm³/mol. The number of hydrogen-bond acceptors (Lipinski definition) is 5. The van der Waals surface area contributed by atoms with Crippen LogP contribution in [0.1, 0.15) is 30.0 Å². The molecule has 0 aliphatic carbocycles. The Balaban J connectivity index is 1.62. The number of carbonyl (C=O) groups excluding carboxylic acids is 1. The van der Waals surface area contributed by atoms with Gasteiger partial charge in [0.25, 0.3) is 5.91 Å². The van der Waals surface area contributed by atoms with Gasteiger partial charge in [-0.2, -0.15) is 4.31 Å². The van der Waals surface area contributed by atoms with Crippen molar-refractivity contribution in [3.63, 3.8) is 0 Å². The van der Waals surface area contributed by atoms with Gasteiger partial charge >= 0.3 is 0 Å². The van der Waals surface area contributed by atoms with E-state index in [9.17, 15) is 13.2 Å². The summed E-state index contributed by atoms with van der Waals surface area (Å²) in [6, 6.07) is 9.65. The van der Waals surface area contributed by atoms with Crippen LogP contribution in [0.2, 0.25) is 0 Å². The van der Waals surface area contributed by atoms with E-state index in [4.69, 9.17) is 9.15 Å². The van der Waals surface area contributed by atoms with Gasteiger partial charge in [-0.15, -0.1) is 0 Å². The second-order valence-corrected chi connectivity index (χ2v) is 8.63. The zero-order valence-corrected chi connectivity index (χ0v) is 16.2. The normalized spacial score (nSPS) is 21.1. The lowest BCUT2D eigenvalue weighted by Gasteiger charge is -2.34. The Labute approximate surface area is 159 Å². The van der Waals surface area contributed by atoms with Gasteiger partial charge in [-0.25, -0.2) is 8.42 Å². The Morgan fingerprint density at radius 2 is 1.81 bits per heavy atom. The molecule has 2 atom stereocenters. The fourth-order valence-electron chi connectivity index (χ4n) is 3.11. The molecule has 0 radical (unpaired) electrons. The van der Waals surface area contributed by atoms with E-state index in [-0.39, 0.29) is 23.0 Å². The third kappa shape index (κ3) is 4.77. The minimum absolute atomic E-state index is 0.150. The average molecular weight is 392 g/mol. The van der Waals surface area contributed by atoms with E-state index in [2.05, 4.69) is 5.32 Å². The van der Waals surface area contributed by atoms with Crippen molar-refractivity contribution >= 4 is 15.9 Å². The second-order valence-electron chi connectivity index (χ2n) is 6.69. The fourth-order valence-corrected chi connectivity index (χ4v) is 4.70. The standard InChI is InChI=1S/C19H24N2O5S/c1-14-12-21(13-15(2)26-14)27(23,24)18-7-5-16(6-8-18)19(22)20-10-9-17-4-3-11-25-17/h3-8,11,14-15H,9-10,12-13H2,1-2H3,(H,20,22)/t14-,15-/m1/s1. The van der Waals surface area contributed by atoms with Crippen molar-refractivity contribution in [2.45, 2.75) is 37.4 Å². The number of morpholine rings is 1. The van der Waals surface area contributed by atoms with Crippen LogP contribution in [0.15, 0.2) is 52.0 Å². The molecule has 146 valence electrons. The Hall–Kier alpha value is -2.16. The van der Waals surface area contributed by atoms with E-state index < -0.39 is 10.0 Å². The minimum Gasteiger partial charge on any atom is -0.469 e. The maximum atomic E-state index is 12.8. The molecule has 3 rings (SSSR count). The number of nitrogens with zero attached hydrogens (tertiary/aromatic N) is 1. The molecule has 1 fully saturated rings. The highest BCUT2D eigenvalue weighted by Gasteiger charge is 2.32. The lowest BCUT2D eigenvalue weighted by molar-refractivity contribution is -0.0440. The molecule has 1 aromatic heterocycles. The summed E-state index contributed by atoms with van der Waals surface area (Å²) in [6.07, 6.45) is 1.88. The zero-order chi connectivity index (χ0) is 19.4. The second kappa shape index (κ2) is 8.24. The van der Waals surface area contributed by atoms with Crippen molar-refractivity contribution in [3.8, 4) is 0 Å². The summed E-state index contributed by atoms with van der Waals surface area (Å²) in [6.45, 7) is 4.79. The molecule has 0 spiro atoms. The lowest BCUT2D eigenvalue weighted by atomic mass is 10.2. The molecular weight excluding hydrogens is 368 g/mol. The minimum atomic E-state index is -3.61. The number of rotatable bonds is 6. The number of ether oxygens (including phenoxy) is 1. The highest BCUT2D eigenvalue weighted by atomic mass is 32.2. The summed E-state index contributed by atoms with van der Waals surface area (Å²) in [5.74, 6) is 0.546. The quantitative estimate of drug-likeness (QED) is 0.813. The smallest absolute Gasteiger partial charge is 0.251 e. The summed E-state index contributed by atoms with van der Waals surface area (Å²) in [5.41, 5.74) is 0.414. The largest absolute Gasteiger partial charge is 0.469 e. The number of furan rings is 1. The Morgan fingerprint density at radius 3 is 2.41 bits per heavy atom. The monoisotopic (exact) mass is 392 g/mol. The van der Waals surface area contributed by atoms with Crippen molar-refractivity contribution in [2.24, 2.45) is 0 Å². The van der Waals surface area contributed by atoms with Gasteiger partial charge in [-0.1, -0.05) is 0 Å². The van der Waals surface area contributed by atoms with Gasteiger partial charge in [0.15, 0.2) is 0 Å². The number of amides is 1. The van der Waals surface area contributed by atoms with Crippen molar-refractivity contribution in [1.82, 2.24) is 9.62 Å². The highest BCUT2D eigenvalue weighted by Crippen LogP contribution is 2.21. The number of hydrogen-bond donors (Lipinski definition) is 1. The van der Waals surface area contributed by atoms with Gasteiger partial charge in [-0.05, 0) is 50.2 Å². The number of benzene rings is 1. The summed E-state index contributed by atoms with van der Waals surface area (Å²) >= 11 is 0. The van der Waals surface area contributed by atoms with Gasteiger partial charge in [0.2, 0.25) is 10.0 Å². The molecule has 27 heavy (non-hydrogen) atoms.